The molecule has 5 rings (SSSR count). The molecule has 6 heteroatoms. The van der Waals surface area contributed by atoms with Gasteiger partial charge in [0.25, 0.3) is 5.91 Å². The number of halogens is 1. The fraction of sp³-hybridized carbons (Fsp3) is 0.406. The lowest BCUT2D eigenvalue weighted by molar-refractivity contribution is 0.0912. The Balaban J connectivity index is 1.15. The third kappa shape index (κ3) is 6.96. The minimum atomic E-state index is -0.0709. The van der Waals surface area contributed by atoms with Crippen LogP contribution in [0, 0.1) is 0 Å². The molecule has 3 aromatic carbocycles. The summed E-state index contributed by atoms with van der Waals surface area (Å²) in [4.78, 5) is 17.6. The number of hydrogen-bond donors (Lipinski definition) is 1. The highest BCUT2D eigenvalue weighted by atomic mass is 35.5. The van der Waals surface area contributed by atoms with E-state index < -0.39 is 0 Å². The molecule has 3 aromatic rings. The minimum Gasteiger partial charge on any atom is -0.489 e. The Hall–Kier alpha value is -2.86. The van der Waals surface area contributed by atoms with Gasteiger partial charge in [-0.15, -0.1) is 0 Å². The second kappa shape index (κ2) is 12.8. The fourth-order valence-corrected chi connectivity index (χ4v) is 5.94. The maximum Gasteiger partial charge on any atom is 0.251 e. The van der Waals surface area contributed by atoms with E-state index in [9.17, 15) is 4.79 Å². The molecule has 1 N–H and O–H groups in total. The molecule has 38 heavy (non-hydrogen) atoms. The molecule has 1 atom stereocenters. The number of hydrogen-bond acceptors (Lipinski definition) is 4. The summed E-state index contributed by atoms with van der Waals surface area (Å²) in [6, 6.07) is 27.2. The van der Waals surface area contributed by atoms with Gasteiger partial charge in [0.1, 0.15) is 11.9 Å². The van der Waals surface area contributed by atoms with Crippen molar-refractivity contribution >= 4 is 17.5 Å². The van der Waals surface area contributed by atoms with Gasteiger partial charge in [0.2, 0.25) is 0 Å². The van der Waals surface area contributed by atoms with Crippen LogP contribution in [-0.4, -0.2) is 67.6 Å². The van der Waals surface area contributed by atoms with Crippen LogP contribution in [0.2, 0.25) is 5.02 Å². The van der Waals surface area contributed by atoms with Gasteiger partial charge >= 0.3 is 0 Å². The summed E-state index contributed by atoms with van der Waals surface area (Å²) in [6.07, 6.45) is 4.13. The van der Waals surface area contributed by atoms with Crippen LogP contribution >= 0.6 is 11.6 Å². The molecule has 5 nitrogen and oxygen atoms in total. The van der Waals surface area contributed by atoms with E-state index in [-0.39, 0.29) is 18.1 Å². The highest BCUT2D eigenvalue weighted by Crippen LogP contribution is 2.30. The number of nitrogens with one attached hydrogen (secondary N) is 1. The molecule has 0 bridgehead atoms. The lowest BCUT2D eigenvalue weighted by Gasteiger charge is -2.35. The van der Waals surface area contributed by atoms with Crippen molar-refractivity contribution in [1.29, 1.82) is 0 Å². The molecule has 1 amide bonds. The molecule has 0 aromatic heterocycles. The summed E-state index contributed by atoms with van der Waals surface area (Å²) in [5, 5.41) is 3.65. The standard InChI is InChI=1S/C32H38ClN3O2/c1-35-18-8-13-27(22-35)34-32(37)26-14-15-31(30(33)21-26)38-28-16-19-36(20-17-28)23-29(24-9-4-2-5-10-24)25-11-6-3-7-12-25/h2-7,9-12,14-15,21,27-29H,8,13,16-20,22-23H2,1H3,(H,34,37). The highest BCUT2D eigenvalue weighted by Gasteiger charge is 2.25. The van der Waals surface area contributed by atoms with Crippen molar-refractivity contribution in [2.24, 2.45) is 0 Å². The predicted molar refractivity (Wildman–Crippen MR) is 154 cm³/mol. The smallest absolute Gasteiger partial charge is 0.251 e. The van der Waals surface area contributed by atoms with Gasteiger partial charge in [-0.05, 0) is 68.6 Å². The van der Waals surface area contributed by atoms with E-state index in [2.05, 4.69) is 82.8 Å². The van der Waals surface area contributed by atoms with E-state index >= 15 is 0 Å². The average molecular weight is 532 g/mol. The van der Waals surface area contributed by atoms with E-state index in [1.54, 1.807) is 6.07 Å². The van der Waals surface area contributed by atoms with Crippen LogP contribution in [0.25, 0.3) is 0 Å². The van der Waals surface area contributed by atoms with Crippen LogP contribution in [0.1, 0.15) is 53.1 Å². The lowest BCUT2D eigenvalue weighted by atomic mass is 9.90. The zero-order valence-corrected chi connectivity index (χ0v) is 22.9. The molecule has 1 unspecified atom stereocenters. The molecule has 2 aliphatic heterocycles. The number of carbonyl (C=O) groups is 1. The molecule has 200 valence electrons. The molecule has 2 saturated heterocycles. The van der Waals surface area contributed by atoms with Crippen molar-refractivity contribution in [2.75, 3.05) is 39.8 Å². The number of benzene rings is 3. The van der Waals surface area contributed by atoms with Crippen molar-refractivity contribution in [1.82, 2.24) is 15.1 Å². The molecule has 0 saturated carbocycles. The van der Waals surface area contributed by atoms with Crippen molar-refractivity contribution in [3.8, 4) is 5.75 Å². The number of piperidine rings is 2. The number of nitrogens with zero attached hydrogens (tertiary/aromatic N) is 2. The van der Waals surface area contributed by atoms with Crippen LogP contribution in [0.3, 0.4) is 0 Å². The Morgan fingerprint density at radius 3 is 2.21 bits per heavy atom. The number of rotatable bonds is 8. The minimum absolute atomic E-state index is 0.0709. The van der Waals surface area contributed by atoms with E-state index in [0.29, 0.717) is 22.3 Å². The Morgan fingerprint density at radius 1 is 0.947 bits per heavy atom. The maximum atomic E-state index is 12.8. The van der Waals surface area contributed by atoms with Crippen LogP contribution in [0.15, 0.2) is 78.9 Å². The zero-order valence-electron chi connectivity index (χ0n) is 22.2. The molecule has 2 fully saturated rings. The average Bonchev–Trinajstić information content (AvgIpc) is 2.94. The Kier molecular flexibility index (Phi) is 9.00. The third-order valence-electron chi connectivity index (χ3n) is 7.83. The van der Waals surface area contributed by atoms with E-state index in [4.69, 9.17) is 16.3 Å². The number of likely N-dealkylation sites (tertiary alicyclic amines) is 2. The summed E-state index contributed by atoms with van der Waals surface area (Å²) in [5.74, 6) is 0.931. The summed E-state index contributed by atoms with van der Waals surface area (Å²) in [7, 11) is 2.09. The van der Waals surface area contributed by atoms with Gasteiger partial charge in [-0.25, -0.2) is 0 Å². The molecular weight excluding hydrogens is 494 g/mol. The summed E-state index contributed by atoms with van der Waals surface area (Å²) >= 11 is 6.57. The van der Waals surface area contributed by atoms with Crippen LogP contribution in [0.5, 0.6) is 5.75 Å². The summed E-state index contributed by atoms with van der Waals surface area (Å²) in [5.41, 5.74) is 3.28. The topological polar surface area (TPSA) is 44.8 Å². The summed E-state index contributed by atoms with van der Waals surface area (Å²) < 4.78 is 6.31. The van der Waals surface area contributed by atoms with Gasteiger partial charge in [-0.2, -0.15) is 0 Å². The monoisotopic (exact) mass is 531 g/mol. The molecule has 2 aliphatic rings. The number of likely N-dealkylation sites (N-methyl/N-ethyl adjacent to an activating group) is 1. The van der Waals surface area contributed by atoms with Crippen LogP contribution in [0.4, 0.5) is 0 Å². The molecule has 0 aliphatic carbocycles. The normalized spacial score (nSPS) is 19.4. The molecule has 0 radical (unpaired) electrons. The quantitative estimate of drug-likeness (QED) is 0.396. The van der Waals surface area contributed by atoms with Gasteiger partial charge < -0.3 is 19.9 Å². The van der Waals surface area contributed by atoms with Gasteiger partial charge in [-0.3, -0.25) is 4.79 Å². The first kappa shape index (κ1) is 26.7. The van der Waals surface area contributed by atoms with Gasteiger partial charge in [0.15, 0.2) is 0 Å². The first-order chi connectivity index (χ1) is 18.5. The van der Waals surface area contributed by atoms with E-state index in [0.717, 1.165) is 58.4 Å². The van der Waals surface area contributed by atoms with E-state index in [1.807, 2.05) is 12.1 Å². The molecule has 0 spiro atoms. The van der Waals surface area contributed by atoms with Crippen molar-refractivity contribution in [2.45, 2.75) is 43.7 Å². The predicted octanol–water partition coefficient (Wildman–Crippen LogP) is 5.84. The molecule has 2 heterocycles. The van der Waals surface area contributed by atoms with Crippen molar-refractivity contribution < 1.29 is 9.53 Å². The maximum absolute atomic E-state index is 12.8. The Bertz CT molecular complexity index is 1140. The fourth-order valence-electron chi connectivity index (χ4n) is 5.71. The third-order valence-corrected chi connectivity index (χ3v) is 8.12. The first-order valence-electron chi connectivity index (χ1n) is 13.8. The Morgan fingerprint density at radius 2 is 1.61 bits per heavy atom. The number of amides is 1. The number of carbonyl (C=O) groups excluding carboxylic acids is 1. The number of ether oxygens (including phenoxy) is 1. The second-order valence-corrected chi connectivity index (χ2v) is 11.1. The first-order valence-corrected chi connectivity index (χ1v) is 14.2. The highest BCUT2D eigenvalue weighted by molar-refractivity contribution is 6.32. The lowest BCUT2D eigenvalue weighted by Crippen LogP contribution is -2.46. The SMILES string of the molecule is CN1CCCC(NC(=O)c2ccc(OC3CCN(CC(c4ccccc4)c4ccccc4)CC3)c(Cl)c2)C1. The zero-order chi connectivity index (χ0) is 26.3. The van der Waals surface area contributed by atoms with Gasteiger partial charge in [0.05, 0.1) is 5.02 Å². The summed E-state index contributed by atoms with van der Waals surface area (Å²) in [6.45, 7) is 4.92. The van der Waals surface area contributed by atoms with Gasteiger partial charge in [0, 0.05) is 43.7 Å². The van der Waals surface area contributed by atoms with Crippen molar-refractivity contribution in [3.63, 3.8) is 0 Å². The van der Waals surface area contributed by atoms with Crippen LogP contribution < -0.4 is 10.1 Å². The van der Waals surface area contributed by atoms with Gasteiger partial charge in [-0.1, -0.05) is 72.3 Å². The van der Waals surface area contributed by atoms with Crippen molar-refractivity contribution in [3.05, 3.63) is 101 Å². The molecular formula is C32H38ClN3O2. The second-order valence-electron chi connectivity index (χ2n) is 10.7. The van der Waals surface area contributed by atoms with E-state index in [1.165, 1.54) is 11.1 Å². The van der Waals surface area contributed by atoms with Crippen LogP contribution in [-0.2, 0) is 0 Å². The Labute approximate surface area is 231 Å². The largest absolute Gasteiger partial charge is 0.489 e.